The summed E-state index contributed by atoms with van der Waals surface area (Å²) in [5.74, 6) is 0.280. The van der Waals surface area contributed by atoms with Crippen molar-refractivity contribution in [3.63, 3.8) is 0 Å². The zero-order valence-electron chi connectivity index (χ0n) is 14.3. The number of halogens is 1. The van der Waals surface area contributed by atoms with Crippen molar-refractivity contribution < 1.29 is 18.0 Å². The fourth-order valence-electron chi connectivity index (χ4n) is 2.58. The Morgan fingerprint density at radius 1 is 1.19 bits per heavy atom. The van der Waals surface area contributed by atoms with Gasteiger partial charge in [-0.15, -0.1) is 11.3 Å². The number of thioether (sulfide) groups is 1. The van der Waals surface area contributed by atoms with E-state index in [4.69, 9.17) is 0 Å². The number of hydrogen-bond acceptors (Lipinski definition) is 6. The van der Waals surface area contributed by atoms with Gasteiger partial charge in [-0.2, -0.15) is 16.1 Å². The summed E-state index contributed by atoms with van der Waals surface area (Å²) in [6, 6.07) is 3.03. The van der Waals surface area contributed by atoms with Gasteiger partial charge < -0.3 is 4.57 Å². The van der Waals surface area contributed by atoms with Gasteiger partial charge in [-0.25, -0.2) is 8.42 Å². The number of nitrogens with one attached hydrogen (secondary N) is 2. The second-order valence-corrected chi connectivity index (χ2v) is 10.7. The van der Waals surface area contributed by atoms with Crippen LogP contribution in [0.15, 0.2) is 33.1 Å². The maximum Gasteiger partial charge on any atom is 0.286 e. The lowest BCUT2D eigenvalue weighted by molar-refractivity contribution is 0.0842. The molecule has 0 radical (unpaired) electrons. The standard InChI is InChI=1S/C15H17BrN4O4S3/c1-19-9-10(16)8-11(19)14(21)17-18-15(22)13-12(2-5-26-13)27(23,24)20-3-6-25-7-4-20/h2,5,8-9H,3-4,6-7H2,1H3,(H,17,21)(H,18,22). The van der Waals surface area contributed by atoms with Crippen LogP contribution in [0.5, 0.6) is 0 Å². The van der Waals surface area contributed by atoms with Crippen LogP contribution in [0.4, 0.5) is 0 Å². The average molecular weight is 493 g/mol. The summed E-state index contributed by atoms with van der Waals surface area (Å²) < 4.78 is 29.4. The first kappa shape index (κ1) is 20.4. The third-order valence-electron chi connectivity index (χ3n) is 3.92. The summed E-state index contributed by atoms with van der Waals surface area (Å²) in [7, 11) is -2.05. The lowest BCUT2D eigenvalue weighted by Crippen LogP contribution is -2.43. The topological polar surface area (TPSA) is 101 Å². The van der Waals surface area contributed by atoms with E-state index in [9.17, 15) is 18.0 Å². The molecule has 2 aromatic heterocycles. The number of aromatic nitrogens is 1. The molecule has 0 aliphatic carbocycles. The third-order valence-corrected chi connectivity index (χ3v) is 8.28. The highest BCUT2D eigenvalue weighted by Crippen LogP contribution is 2.27. The SMILES string of the molecule is Cn1cc(Br)cc1C(=O)NNC(=O)c1sccc1S(=O)(=O)N1CCSCC1. The molecule has 3 rings (SSSR count). The van der Waals surface area contributed by atoms with Crippen LogP contribution in [-0.4, -0.2) is 53.7 Å². The molecule has 8 nitrogen and oxygen atoms in total. The van der Waals surface area contributed by atoms with Crippen molar-refractivity contribution in [3.8, 4) is 0 Å². The lowest BCUT2D eigenvalue weighted by atomic mass is 10.4. The fourth-order valence-corrected chi connectivity index (χ4v) is 6.97. The maximum atomic E-state index is 12.8. The minimum atomic E-state index is -3.74. The average Bonchev–Trinajstić information content (AvgIpc) is 3.27. The van der Waals surface area contributed by atoms with E-state index in [0.29, 0.717) is 18.8 Å². The number of thiophene rings is 1. The minimum Gasteiger partial charge on any atom is -0.345 e. The molecule has 27 heavy (non-hydrogen) atoms. The minimum absolute atomic E-state index is 0.0345. The smallest absolute Gasteiger partial charge is 0.286 e. The van der Waals surface area contributed by atoms with Crippen LogP contribution >= 0.6 is 39.0 Å². The molecule has 1 aliphatic rings. The van der Waals surface area contributed by atoms with Gasteiger partial charge in [0.15, 0.2) is 0 Å². The molecule has 1 aliphatic heterocycles. The third kappa shape index (κ3) is 4.40. The quantitative estimate of drug-likeness (QED) is 0.632. The van der Waals surface area contributed by atoms with Crippen LogP contribution in [0.3, 0.4) is 0 Å². The molecular weight excluding hydrogens is 476 g/mol. The molecule has 2 aromatic rings. The molecule has 2 N–H and O–H groups in total. The van der Waals surface area contributed by atoms with E-state index in [1.165, 1.54) is 10.4 Å². The van der Waals surface area contributed by atoms with Gasteiger partial charge in [0.1, 0.15) is 15.5 Å². The Morgan fingerprint density at radius 3 is 2.48 bits per heavy atom. The van der Waals surface area contributed by atoms with Crippen molar-refractivity contribution in [3.05, 3.63) is 38.8 Å². The molecule has 2 amide bonds. The molecule has 0 spiro atoms. The zero-order chi connectivity index (χ0) is 19.6. The van der Waals surface area contributed by atoms with Gasteiger partial charge in [0, 0.05) is 42.3 Å². The molecule has 1 fully saturated rings. The Kier molecular flexibility index (Phi) is 6.31. The van der Waals surface area contributed by atoms with E-state index >= 15 is 0 Å². The van der Waals surface area contributed by atoms with Crippen LogP contribution in [0.25, 0.3) is 0 Å². The predicted octanol–water partition coefficient (Wildman–Crippen LogP) is 1.66. The predicted molar refractivity (Wildman–Crippen MR) is 108 cm³/mol. The molecule has 0 aromatic carbocycles. The van der Waals surface area contributed by atoms with Crippen LogP contribution in [0, 0.1) is 0 Å². The van der Waals surface area contributed by atoms with E-state index < -0.39 is 21.8 Å². The molecule has 12 heteroatoms. The maximum absolute atomic E-state index is 12.8. The Balaban J connectivity index is 1.72. The summed E-state index contributed by atoms with van der Waals surface area (Å²) in [5.41, 5.74) is 4.95. The van der Waals surface area contributed by atoms with Gasteiger partial charge in [0.25, 0.3) is 11.8 Å². The Bertz CT molecular complexity index is 964. The molecule has 146 valence electrons. The number of aryl methyl sites for hydroxylation is 1. The van der Waals surface area contributed by atoms with Crippen molar-refractivity contribution in [1.82, 2.24) is 19.7 Å². The van der Waals surface area contributed by atoms with Crippen LogP contribution in [-0.2, 0) is 17.1 Å². The van der Waals surface area contributed by atoms with Crippen molar-refractivity contribution >= 4 is 60.9 Å². The number of carbonyl (C=O) groups excluding carboxylic acids is 2. The number of amides is 2. The van der Waals surface area contributed by atoms with Crippen LogP contribution < -0.4 is 10.9 Å². The van der Waals surface area contributed by atoms with E-state index in [2.05, 4.69) is 26.8 Å². The number of hydrogen-bond donors (Lipinski definition) is 2. The molecule has 0 atom stereocenters. The van der Waals surface area contributed by atoms with Crippen molar-refractivity contribution in [2.45, 2.75) is 4.90 Å². The second kappa shape index (κ2) is 8.35. The number of carbonyl (C=O) groups is 2. The summed E-state index contributed by atoms with van der Waals surface area (Å²) >= 11 is 5.99. The Hall–Kier alpha value is -1.34. The normalized spacial score (nSPS) is 15.5. The van der Waals surface area contributed by atoms with E-state index in [0.717, 1.165) is 27.3 Å². The van der Waals surface area contributed by atoms with E-state index in [-0.39, 0.29) is 9.77 Å². The first-order valence-corrected chi connectivity index (χ1v) is 12.2. The Morgan fingerprint density at radius 2 is 1.85 bits per heavy atom. The van der Waals surface area contributed by atoms with Crippen LogP contribution in [0.2, 0.25) is 0 Å². The fraction of sp³-hybridized carbons (Fsp3) is 0.333. The largest absolute Gasteiger partial charge is 0.345 e. The molecule has 0 saturated carbocycles. The van der Waals surface area contributed by atoms with Crippen molar-refractivity contribution in [2.75, 3.05) is 24.6 Å². The zero-order valence-corrected chi connectivity index (χ0v) is 18.3. The Labute approximate surface area is 173 Å². The van der Waals surface area contributed by atoms with E-state index in [1.54, 1.807) is 41.0 Å². The highest BCUT2D eigenvalue weighted by atomic mass is 79.9. The number of rotatable bonds is 4. The number of hydrazine groups is 1. The highest BCUT2D eigenvalue weighted by molar-refractivity contribution is 9.10. The second-order valence-electron chi connectivity index (χ2n) is 5.69. The van der Waals surface area contributed by atoms with Crippen molar-refractivity contribution in [1.29, 1.82) is 0 Å². The first-order chi connectivity index (χ1) is 12.8. The first-order valence-electron chi connectivity index (χ1n) is 7.88. The summed E-state index contributed by atoms with van der Waals surface area (Å²) in [6.07, 6.45) is 1.71. The number of nitrogens with zero attached hydrogens (tertiary/aromatic N) is 2. The lowest BCUT2D eigenvalue weighted by Gasteiger charge is -2.25. The number of sulfonamides is 1. The summed E-state index contributed by atoms with van der Waals surface area (Å²) in [5, 5.41) is 1.55. The van der Waals surface area contributed by atoms with Crippen LogP contribution in [0.1, 0.15) is 20.2 Å². The molecule has 0 bridgehead atoms. The summed E-state index contributed by atoms with van der Waals surface area (Å²) in [4.78, 5) is 24.7. The van der Waals surface area contributed by atoms with Gasteiger partial charge in [-0.3, -0.25) is 20.4 Å². The molecule has 3 heterocycles. The molecule has 0 unspecified atom stereocenters. The van der Waals surface area contributed by atoms with Crippen molar-refractivity contribution in [2.24, 2.45) is 7.05 Å². The highest BCUT2D eigenvalue weighted by Gasteiger charge is 2.31. The molecular formula is C15H17BrN4O4S3. The monoisotopic (exact) mass is 492 g/mol. The van der Waals surface area contributed by atoms with Gasteiger partial charge >= 0.3 is 0 Å². The van der Waals surface area contributed by atoms with Gasteiger partial charge in [0.05, 0.1) is 0 Å². The van der Waals surface area contributed by atoms with Gasteiger partial charge in [-0.05, 0) is 33.4 Å². The van der Waals surface area contributed by atoms with E-state index in [1.807, 2.05) is 0 Å². The summed E-state index contributed by atoms with van der Waals surface area (Å²) in [6.45, 7) is 0.839. The van der Waals surface area contributed by atoms with Gasteiger partial charge in [-0.1, -0.05) is 0 Å². The molecule has 1 saturated heterocycles. The van der Waals surface area contributed by atoms with Gasteiger partial charge in [0.2, 0.25) is 10.0 Å².